The van der Waals surface area contributed by atoms with Gasteiger partial charge in [0.2, 0.25) is 0 Å². The number of halogens is 1. The molecule has 0 atom stereocenters. The van der Waals surface area contributed by atoms with E-state index in [-0.39, 0.29) is 0 Å². The second-order valence-electron chi connectivity index (χ2n) is 9.14. The Morgan fingerprint density at radius 2 is 1.72 bits per heavy atom. The fraction of sp³-hybridized carbons (Fsp3) is 0.214. The Bertz CT molecular complexity index is 1500. The molecule has 0 spiro atoms. The lowest BCUT2D eigenvalue weighted by atomic mass is 9.97. The Kier molecular flexibility index (Phi) is 6.09. The van der Waals surface area contributed by atoms with E-state index < -0.39 is 0 Å². The van der Waals surface area contributed by atoms with Crippen molar-refractivity contribution in [2.24, 2.45) is 7.05 Å². The molecule has 0 N–H and O–H groups in total. The summed E-state index contributed by atoms with van der Waals surface area (Å²) in [5.74, 6) is 1.00. The number of anilines is 1. The largest absolute Gasteiger partial charge is 0.354 e. The van der Waals surface area contributed by atoms with Crippen LogP contribution in [0.25, 0.3) is 33.2 Å². The van der Waals surface area contributed by atoms with Gasteiger partial charge in [0, 0.05) is 79.9 Å². The number of nitrogens with zero attached hydrogens (tertiary/aromatic N) is 7. The van der Waals surface area contributed by atoms with Crippen LogP contribution in [0.5, 0.6) is 0 Å². The fourth-order valence-electron chi connectivity index (χ4n) is 4.79. The molecule has 0 amide bonds. The highest BCUT2D eigenvalue weighted by molar-refractivity contribution is 6.31. The van der Waals surface area contributed by atoms with Crippen molar-refractivity contribution in [2.75, 3.05) is 31.1 Å². The van der Waals surface area contributed by atoms with Crippen molar-refractivity contribution < 1.29 is 0 Å². The first-order chi connectivity index (χ1) is 17.6. The third kappa shape index (κ3) is 4.55. The Balaban J connectivity index is 1.22. The standard InChI is InChI=1S/C28H26ClN7/c1-34-17-23(15-33-34)22-12-24(25-16-30-19-32-27(25)13-22)20-6-7-28(31-14-20)36-10-8-35(9-11-36)18-21-4-2-3-5-26(21)29/h2-7,12-17,19H,8-11,18H2,1H3. The van der Waals surface area contributed by atoms with E-state index in [9.17, 15) is 0 Å². The molecule has 36 heavy (non-hydrogen) atoms. The van der Waals surface area contributed by atoms with E-state index in [1.54, 1.807) is 6.33 Å². The van der Waals surface area contributed by atoms with Crippen molar-refractivity contribution >= 4 is 28.3 Å². The molecule has 2 aromatic carbocycles. The fourth-order valence-corrected chi connectivity index (χ4v) is 4.99. The molecule has 3 aromatic heterocycles. The second-order valence-corrected chi connectivity index (χ2v) is 9.55. The van der Waals surface area contributed by atoms with Gasteiger partial charge in [0.1, 0.15) is 12.1 Å². The summed E-state index contributed by atoms with van der Waals surface area (Å²) in [5, 5.41) is 6.17. The summed E-state index contributed by atoms with van der Waals surface area (Å²) in [4.78, 5) is 18.4. The minimum absolute atomic E-state index is 0.836. The van der Waals surface area contributed by atoms with Gasteiger partial charge in [-0.2, -0.15) is 5.10 Å². The summed E-state index contributed by atoms with van der Waals surface area (Å²) >= 11 is 6.36. The molecule has 8 heteroatoms. The molecule has 5 aromatic rings. The molecular formula is C28H26ClN7. The molecule has 1 saturated heterocycles. The number of fused-ring (bicyclic) bond motifs is 1. The lowest BCUT2D eigenvalue weighted by molar-refractivity contribution is 0.249. The van der Waals surface area contributed by atoms with Gasteiger partial charge in [-0.25, -0.2) is 15.0 Å². The normalized spacial score (nSPS) is 14.4. The maximum absolute atomic E-state index is 6.36. The number of pyridine rings is 1. The molecule has 180 valence electrons. The number of aromatic nitrogens is 5. The van der Waals surface area contributed by atoms with E-state index in [4.69, 9.17) is 16.6 Å². The lowest BCUT2D eigenvalue weighted by Crippen LogP contribution is -2.46. The predicted molar refractivity (Wildman–Crippen MR) is 144 cm³/mol. The summed E-state index contributed by atoms with van der Waals surface area (Å²) in [6.45, 7) is 4.70. The van der Waals surface area contributed by atoms with E-state index in [1.807, 2.05) is 54.7 Å². The summed E-state index contributed by atoms with van der Waals surface area (Å²) in [6, 6.07) is 16.6. The Labute approximate surface area is 215 Å². The van der Waals surface area contributed by atoms with Gasteiger partial charge in [-0.1, -0.05) is 29.8 Å². The van der Waals surface area contributed by atoms with Crippen molar-refractivity contribution in [1.29, 1.82) is 0 Å². The highest BCUT2D eigenvalue weighted by Crippen LogP contribution is 2.33. The molecule has 1 fully saturated rings. The third-order valence-electron chi connectivity index (χ3n) is 6.77. The monoisotopic (exact) mass is 495 g/mol. The summed E-state index contributed by atoms with van der Waals surface area (Å²) in [6.07, 6.45) is 9.31. The van der Waals surface area contributed by atoms with Crippen LogP contribution in [0.3, 0.4) is 0 Å². The zero-order chi connectivity index (χ0) is 24.5. The third-order valence-corrected chi connectivity index (χ3v) is 7.14. The second kappa shape index (κ2) is 9.68. The summed E-state index contributed by atoms with van der Waals surface area (Å²) in [5.41, 5.74) is 6.32. The average molecular weight is 496 g/mol. The minimum Gasteiger partial charge on any atom is -0.354 e. The number of benzene rings is 2. The SMILES string of the molecule is Cn1cc(-c2cc(-c3ccc(N4CCN(Cc5ccccc5Cl)CC4)nc3)c3cncnc3c2)cn1. The maximum atomic E-state index is 6.36. The van der Waals surface area contributed by atoms with Crippen molar-refractivity contribution in [3.8, 4) is 22.3 Å². The smallest absolute Gasteiger partial charge is 0.128 e. The van der Waals surface area contributed by atoms with Crippen molar-refractivity contribution in [1.82, 2.24) is 29.6 Å². The molecular weight excluding hydrogens is 470 g/mol. The van der Waals surface area contributed by atoms with Gasteiger partial charge in [0.25, 0.3) is 0 Å². The molecule has 0 saturated carbocycles. The van der Waals surface area contributed by atoms with E-state index in [2.05, 4.69) is 55.2 Å². The summed E-state index contributed by atoms with van der Waals surface area (Å²) in [7, 11) is 1.92. The molecule has 1 aliphatic rings. The van der Waals surface area contributed by atoms with Crippen molar-refractivity contribution in [2.45, 2.75) is 6.54 Å². The molecule has 0 bridgehead atoms. The number of aryl methyl sites for hydroxylation is 1. The van der Waals surface area contributed by atoms with Gasteiger partial charge in [-0.05, 0) is 47.0 Å². The predicted octanol–water partition coefficient (Wildman–Crippen LogP) is 5.07. The molecule has 7 nitrogen and oxygen atoms in total. The van der Waals surface area contributed by atoms with E-state index in [0.29, 0.717) is 0 Å². The van der Waals surface area contributed by atoms with Crippen molar-refractivity contribution in [3.05, 3.63) is 90.2 Å². The van der Waals surface area contributed by atoms with Gasteiger partial charge in [-0.3, -0.25) is 9.58 Å². The Morgan fingerprint density at radius 3 is 2.47 bits per heavy atom. The van der Waals surface area contributed by atoms with Crippen LogP contribution in [0.15, 0.2) is 79.6 Å². The van der Waals surface area contributed by atoms with E-state index in [1.165, 1.54) is 5.56 Å². The number of rotatable bonds is 5. The van der Waals surface area contributed by atoms with Gasteiger partial charge in [0.15, 0.2) is 0 Å². The first kappa shape index (κ1) is 22.6. The minimum atomic E-state index is 0.836. The zero-order valence-corrected chi connectivity index (χ0v) is 20.8. The first-order valence-corrected chi connectivity index (χ1v) is 12.4. The Hall–Kier alpha value is -3.81. The topological polar surface area (TPSA) is 63.0 Å². The van der Waals surface area contributed by atoms with Crippen LogP contribution in [-0.4, -0.2) is 55.8 Å². The van der Waals surface area contributed by atoms with Gasteiger partial charge in [-0.15, -0.1) is 0 Å². The molecule has 0 radical (unpaired) electrons. The van der Waals surface area contributed by atoms with Crippen LogP contribution in [0.4, 0.5) is 5.82 Å². The van der Waals surface area contributed by atoms with Crippen LogP contribution in [0.2, 0.25) is 5.02 Å². The molecule has 4 heterocycles. The molecule has 1 aliphatic heterocycles. The number of hydrogen-bond donors (Lipinski definition) is 0. The molecule has 0 unspecified atom stereocenters. The van der Waals surface area contributed by atoms with E-state index >= 15 is 0 Å². The highest BCUT2D eigenvalue weighted by atomic mass is 35.5. The van der Waals surface area contributed by atoms with Crippen LogP contribution in [-0.2, 0) is 13.6 Å². The molecule has 0 aliphatic carbocycles. The van der Waals surface area contributed by atoms with Crippen LogP contribution in [0, 0.1) is 0 Å². The highest BCUT2D eigenvalue weighted by Gasteiger charge is 2.19. The average Bonchev–Trinajstić information content (AvgIpc) is 3.36. The molecule has 6 rings (SSSR count). The van der Waals surface area contributed by atoms with Gasteiger partial charge < -0.3 is 4.90 Å². The van der Waals surface area contributed by atoms with E-state index in [0.717, 1.165) is 76.7 Å². The van der Waals surface area contributed by atoms with Gasteiger partial charge >= 0.3 is 0 Å². The van der Waals surface area contributed by atoms with Crippen LogP contribution in [0.1, 0.15) is 5.56 Å². The Morgan fingerprint density at radius 1 is 0.861 bits per heavy atom. The number of piperazine rings is 1. The van der Waals surface area contributed by atoms with Gasteiger partial charge in [0.05, 0.1) is 11.7 Å². The summed E-state index contributed by atoms with van der Waals surface area (Å²) < 4.78 is 1.81. The maximum Gasteiger partial charge on any atom is 0.128 e. The quantitative estimate of drug-likeness (QED) is 0.339. The van der Waals surface area contributed by atoms with Crippen LogP contribution < -0.4 is 4.90 Å². The van der Waals surface area contributed by atoms with Crippen LogP contribution >= 0.6 is 11.6 Å². The zero-order valence-electron chi connectivity index (χ0n) is 20.0. The van der Waals surface area contributed by atoms with Crippen molar-refractivity contribution in [3.63, 3.8) is 0 Å². The number of hydrogen-bond acceptors (Lipinski definition) is 6. The first-order valence-electron chi connectivity index (χ1n) is 12.0. The lowest BCUT2D eigenvalue weighted by Gasteiger charge is -2.35.